The van der Waals surface area contributed by atoms with E-state index in [4.69, 9.17) is 15.7 Å². The first-order chi connectivity index (χ1) is 13.4. The van der Waals surface area contributed by atoms with Gasteiger partial charge in [0.1, 0.15) is 5.75 Å². The molecule has 9 heteroatoms. The number of carboxylic acids is 1. The Morgan fingerprint density at radius 1 is 1.11 bits per heavy atom. The van der Waals surface area contributed by atoms with Crippen LogP contribution in [0.15, 0.2) is 59.7 Å². The van der Waals surface area contributed by atoms with Gasteiger partial charge in [-0.25, -0.2) is 4.79 Å². The number of aliphatic hydroxyl groups excluding tert-OH is 1. The number of ketones is 1. The molecule has 1 unspecified atom stereocenters. The van der Waals surface area contributed by atoms with Crippen molar-refractivity contribution in [2.45, 2.75) is 12.1 Å². The van der Waals surface area contributed by atoms with Crippen molar-refractivity contribution in [3.8, 4) is 5.75 Å². The van der Waals surface area contributed by atoms with E-state index in [1.54, 1.807) is 30.3 Å². The van der Waals surface area contributed by atoms with Gasteiger partial charge in [-0.3, -0.25) is 14.9 Å². The number of ether oxygens (including phenoxy) is 1. The number of para-hydroxylation sites is 1. The van der Waals surface area contributed by atoms with Gasteiger partial charge in [0, 0.05) is 12.0 Å². The summed E-state index contributed by atoms with van der Waals surface area (Å²) in [5, 5.41) is 24.3. The molecule has 28 heavy (non-hydrogen) atoms. The van der Waals surface area contributed by atoms with Crippen LogP contribution >= 0.6 is 0 Å². The molecule has 0 saturated carbocycles. The van der Waals surface area contributed by atoms with Crippen LogP contribution < -0.4 is 15.9 Å². The highest BCUT2D eigenvalue weighted by Gasteiger charge is 2.50. The number of hydrazone groups is 1. The second-order valence-electron chi connectivity index (χ2n) is 5.65. The minimum absolute atomic E-state index is 0.0611. The highest BCUT2D eigenvalue weighted by atomic mass is 16.5. The molecule has 1 atom stereocenters. The number of hydrogen-bond donors (Lipinski definition) is 4. The van der Waals surface area contributed by atoms with Gasteiger partial charge in [0.2, 0.25) is 5.78 Å². The molecule has 0 radical (unpaired) electrons. The largest absolute Gasteiger partial charge is 0.476 e. The highest BCUT2D eigenvalue weighted by Crippen LogP contribution is 2.20. The maximum Gasteiger partial charge on any atom is 0.378 e. The first-order valence-electron chi connectivity index (χ1n) is 8.20. The summed E-state index contributed by atoms with van der Waals surface area (Å²) in [7, 11) is 0. The van der Waals surface area contributed by atoms with E-state index in [0.717, 1.165) is 0 Å². The number of amides is 1. The number of hydrogen-bond acceptors (Lipinski definition) is 7. The summed E-state index contributed by atoms with van der Waals surface area (Å²) in [6.07, 6.45) is 0.845. The van der Waals surface area contributed by atoms with Gasteiger partial charge in [0.05, 0.1) is 12.8 Å². The molecule has 0 fully saturated rings. The SMILES string of the molecule is NN=Cc1ccc(C(=O)NC(Oc2ccccc2)(C(=O)O)C(=O)CCO)cc1. The molecule has 0 saturated heterocycles. The van der Waals surface area contributed by atoms with Crippen molar-refractivity contribution in [1.82, 2.24) is 5.32 Å². The van der Waals surface area contributed by atoms with Gasteiger partial charge in [-0.2, -0.15) is 5.10 Å². The van der Waals surface area contributed by atoms with Crippen LogP contribution in [-0.4, -0.2) is 46.4 Å². The zero-order valence-electron chi connectivity index (χ0n) is 14.7. The Hall–Kier alpha value is -3.72. The number of aliphatic carboxylic acids is 1. The molecule has 2 aromatic carbocycles. The predicted molar refractivity (Wildman–Crippen MR) is 99.8 cm³/mol. The molecule has 0 aliphatic carbocycles. The lowest BCUT2D eigenvalue weighted by Crippen LogP contribution is -2.64. The molecular weight excluding hydrogens is 366 g/mol. The second-order valence-corrected chi connectivity index (χ2v) is 5.65. The molecule has 1 amide bonds. The van der Waals surface area contributed by atoms with Crippen molar-refractivity contribution in [1.29, 1.82) is 0 Å². The van der Waals surface area contributed by atoms with Crippen LogP contribution in [0, 0.1) is 0 Å². The lowest BCUT2D eigenvalue weighted by atomic mass is 10.0. The van der Waals surface area contributed by atoms with Crippen LogP contribution in [0.3, 0.4) is 0 Å². The van der Waals surface area contributed by atoms with E-state index in [2.05, 4.69) is 10.4 Å². The third-order valence-corrected chi connectivity index (χ3v) is 3.73. The topological polar surface area (TPSA) is 151 Å². The van der Waals surface area contributed by atoms with Crippen LogP contribution in [0.4, 0.5) is 0 Å². The third-order valence-electron chi connectivity index (χ3n) is 3.73. The molecular formula is C19H19N3O6. The summed E-state index contributed by atoms with van der Waals surface area (Å²) in [6, 6.07) is 13.6. The third kappa shape index (κ3) is 4.71. The fourth-order valence-electron chi connectivity index (χ4n) is 2.35. The Bertz CT molecular complexity index is 867. The van der Waals surface area contributed by atoms with E-state index in [0.29, 0.717) is 5.56 Å². The Balaban J connectivity index is 2.38. The lowest BCUT2D eigenvalue weighted by molar-refractivity contribution is -0.164. The van der Waals surface area contributed by atoms with Gasteiger partial charge in [-0.05, 0) is 29.8 Å². The minimum atomic E-state index is -2.70. The Morgan fingerprint density at radius 2 is 1.75 bits per heavy atom. The first kappa shape index (κ1) is 20.6. The number of nitrogens with zero attached hydrogens (tertiary/aromatic N) is 1. The molecule has 0 bridgehead atoms. The van der Waals surface area contributed by atoms with E-state index < -0.39 is 36.4 Å². The molecule has 0 aromatic heterocycles. The zero-order valence-corrected chi connectivity index (χ0v) is 14.7. The number of Topliss-reactive ketones (excluding diaryl/α,β-unsaturated/α-hetero) is 1. The molecule has 0 heterocycles. The molecule has 0 spiro atoms. The first-order valence-corrected chi connectivity index (χ1v) is 8.20. The van der Waals surface area contributed by atoms with Crippen molar-refractivity contribution < 1.29 is 29.3 Å². The van der Waals surface area contributed by atoms with Crippen molar-refractivity contribution >= 4 is 23.9 Å². The number of aliphatic hydroxyl groups is 1. The fraction of sp³-hybridized carbons (Fsp3) is 0.158. The van der Waals surface area contributed by atoms with Gasteiger partial charge in [-0.1, -0.05) is 30.3 Å². The summed E-state index contributed by atoms with van der Waals surface area (Å²) in [5.41, 5.74) is -1.98. The number of carboxylic acid groups (broad SMARTS) is 1. The van der Waals surface area contributed by atoms with Gasteiger partial charge in [0.15, 0.2) is 0 Å². The van der Waals surface area contributed by atoms with E-state index in [1.807, 2.05) is 0 Å². The number of rotatable bonds is 9. The second kappa shape index (κ2) is 9.28. The molecule has 146 valence electrons. The highest BCUT2D eigenvalue weighted by molar-refractivity contribution is 6.11. The summed E-state index contributed by atoms with van der Waals surface area (Å²) in [4.78, 5) is 37.1. The molecule has 2 aromatic rings. The summed E-state index contributed by atoms with van der Waals surface area (Å²) in [6.45, 7) is -0.602. The monoisotopic (exact) mass is 385 g/mol. The summed E-state index contributed by atoms with van der Waals surface area (Å²) in [5.74, 6) is 1.55. The van der Waals surface area contributed by atoms with Crippen LogP contribution in [0.1, 0.15) is 22.3 Å². The Morgan fingerprint density at radius 3 is 2.29 bits per heavy atom. The molecule has 0 aliphatic heterocycles. The van der Waals surface area contributed by atoms with Crippen molar-refractivity contribution in [2.24, 2.45) is 10.9 Å². The van der Waals surface area contributed by atoms with Crippen molar-refractivity contribution in [3.05, 3.63) is 65.7 Å². The van der Waals surface area contributed by atoms with Gasteiger partial charge in [0.25, 0.3) is 5.91 Å². The number of carbonyl (C=O) groups is 3. The Labute approximate surface area is 160 Å². The quantitative estimate of drug-likeness (QED) is 0.161. The van der Waals surface area contributed by atoms with E-state index in [9.17, 15) is 19.5 Å². The van der Waals surface area contributed by atoms with E-state index in [1.165, 1.54) is 30.5 Å². The van der Waals surface area contributed by atoms with Crippen LogP contribution in [0.2, 0.25) is 0 Å². The van der Waals surface area contributed by atoms with Gasteiger partial charge < -0.3 is 20.8 Å². The van der Waals surface area contributed by atoms with Gasteiger partial charge >= 0.3 is 11.7 Å². The standard InChI is InChI=1S/C19H19N3O6/c20-21-12-13-6-8-14(9-7-13)17(25)22-19(18(26)27,16(24)10-11-23)28-15-4-2-1-3-5-15/h1-9,12,23H,10-11,20H2,(H,22,25)(H,26,27). The van der Waals surface area contributed by atoms with E-state index >= 15 is 0 Å². The molecule has 9 nitrogen and oxygen atoms in total. The maximum atomic E-state index is 12.6. The average Bonchev–Trinajstić information content (AvgIpc) is 2.69. The van der Waals surface area contributed by atoms with Gasteiger partial charge in [-0.15, -0.1) is 0 Å². The smallest absolute Gasteiger partial charge is 0.378 e. The van der Waals surface area contributed by atoms with Crippen LogP contribution in [0.5, 0.6) is 5.75 Å². The number of nitrogens with two attached hydrogens (primary N) is 1. The number of nitrogens with one attached hydrogen (secondary N) is 1. The predicted octanol–water partition coefficient (Wildman–Crippen LogP) is 0.520. The number of carbonyl (C=O) groups excluding carboxylic acids is 2. The molecule has 0 aliphatic rings. The molecule has 2 rings (SSSR count). The zero-order chi connectivity index (χ0) is 20.6. The number of benzene rings is 2. The van der Waals surface area contributed by atoms with E-state index in [-0.39, 0.29) is 11.3 Å². The summed E-state index contributed by atoms with van der Waals surface area (Å²) >= 11 is 0. The van der Waals surface area contributed by atoms with Crippen LogP contribution in [0.25, 0.3) is 0 Å². The molecule has 5 N–H and O–H groups in total. The maximum absolute atomic E-state index is 12.6. The van der Waals surface area contributed by atoms with Crippen molar-refractivity contribution in [2.75, 3.05) is 6.61 Å². The Kier molecular flexibility index (Phi) is 6.83. The normalized spacial score (nSPS) is 12.9. The van der Waals surface area contributed by atoms with Crippen molar-refractivity contribution in [3.63, 3.8) is 0 Å². The average molecular weight is 385 g/mol. The lowest BCUT2D eigenvalue weighted by Gasteiger charge is -2.29. The summed E-state index contributed by atoms with van der Waals surface area (Å²) < 4.78 is 5.40. The fourth-order valence-corrected chi connectivity index (χ4v) is 2.35. The van der Waals surface area contributed by atoms with Crippen LogP contribution in [-0.2, 0) is 9.59 Å². The minimum Gasteiger partial charge on any atom is -0.476 e.